The fourth-order valence-corrected chi connectivity index (χ4v) is 2.97. The van der Waals surface area contributed by atoms with Crippen molar-refractivity contribution in [2.75, 3.05) is 18.0 Å². The Morgan fingerprint density at radius 1 is 0.880 bits per heavy atom. The van der Waals surface area contributed by atoms with Gasteiger partial charge < -0.3 is 21.9 Å². The number of aromatic nitrogens is 1. The number of aryl methyl sites for hydroxylation is 2. The molecule has 0 aliphatic carbocycles. The molecule has 1 aromatic heterocycles. The maximum absolute atomic E-state index is 2.37. The SMILES string of the molecule is CCC[n+]1cc(CC)ccc1C=Cc1ccc(N(CC)CC)cc1.[Br-]. The maximum Gasteiger partial charge on any atom is 0.205 e. The van der Waals surface area contributed by atoms with E-state index in [-0.39, 0.29) is 17.0 Å². The highest BCUT2D eigenvalue weighted by Gasteiger charge is 2.08. The van der Waals surface area contributed by atoms with Crippen LogP contribution in [0.5, 0.6) is 0 Å². The highest BCUT2D eigenvalue weighted by atomic mass is 79.9. The molecule has 0 fully saturated rings. The minimum Gasteiger partial charge on any atom is -1.00 e. The Morgan fingerprint density at radius 3 is 2.12 bits per heavy atom. The fourth-order valence-electron chi connectivity index (χ4n) is 2.97. The third kappa shape index (κ3) is 6.00. The largest absolute Gasteiger partial charge is 1.00 e. The predicted molar refractivity (Wildman–Crippen MR) is 105 cm³/mol. The molecule has 0 spiro atoms. The molecule has 0 N–H and O–H groups in total. The molecule has 0 radical (unpaired) electrons. The lowest BCUT2D eigenvalue weighted by atomic mass is 10.1. The maximum atomic E-state index is 2.37. The first-order valence-electron chi connectivity index (χ1n) is 9.27. The molecule has 0 unspecified atom stereocenters. The first kappa shape index (κ1) is 21.4. The average molecular weight is 403 g/mol. The number of halogens is 1. The van der Waals surface area contributed by atoms with Crippen molar-refractivity contribution < 1.29 is 21.5 Å². The summed E-state index contributed by atoms with van der Waals surface area (Å²) in [6.45, 7) is 12.0. The summed E-state index contributed by atoms with van der Waals surface area (Å²) in [7, 11) is 0. The van der Waals surface area contributed by atoms with Crippen LogP contribution in [0.25, 0.3) is 12.2 Å². The van der Waals surface area contributed by atoms with Crippen LogP contribution in [0, 0.1) is 0 Å². The Labute approximate surface area is 164 Å². The third-order valence-electron chi connectivity index (χ3n) is 4.46. The van der Waals surface area contributed by atoms with Gasteiger partial charge in [-0.2, -0.15) is 4.57 Å². The summed E-state index contributed by atoms with van der Waals surface area (Å²) >= 11 is 0. The van der Waals surface area contributed by atoms with Crippen LogP contribution in [-0.2, 0) is 13.0 Å². The molecule has 25 heavy (non-hydrogen) atoms. The zero-order valence-electron chi connectivity index (χ0n) is 16.0. The van der Waals surface area contributed by atoms with Gasteiger partial charge in [0.2, 0.25) is 5.69 Å². The molecule has 2 nitrogen and oxygen atoms in total. The molecule has 1 aromatic carbocycles. The minimum absolute atomic E-state index is 0. The Bertz CT molecular complexity index is 658. The number of anilines is 1. The Balaban J connectivity index is 0.00000312. The molecule has 0 amide bonds. The first-order valence-corrected chi connectivity index (χ1v) is 9.27. The van der Waals surface area contributed by atoms with Crippen molar-refractivity contribution >= 4 is 17.8 Å². The van der Waals surface area contributed by atoms with Gasteiger partial charge in [0, 0.05) is 42.9 Å². The van der Waals surface area contributed by atoms with Gasteiger partial charge >= 0.3 is 0 Å². The van der Waals surface area contributed by atoms with Crippen LogP contribution in [0.2, 0.25) is 0 Å². The lowest BCUT2D eigenvalue weighted by molar-refractivity contribution is -0.698. The van der Waals surface area contributed by atoms with E-state index in [0.717, 1.165) is 32.5 Å². The van der Waals surface area contributed by atoms with E-state index in [4.69, 9.17) is 0 Å². The van der Waals surface area contributed by atoms with Gasteiger partial charge in [-0.25, -0.2) is 0 Å². The molecule has 0 atom stereocenters. The smallest absolute Gasteiger partial charge is 0.205 e. The van der Waals surface area contributed by atoms with Crippen molar-refractivity contribution in [1.29, 1.82) is 0 Å². The van der Waals surface area contributed by atoms with E-state index in [9.17, 15) is 0 Å². The van der Waals surface area contributed by atoms with Crippen LogP contribution in [-0.4, -0.2) is 13.1 Å². The molecule has 136 valence electrons. The summed E-state index contributed by atoms with van der Waals surface area (Å²) in [5.41, 5.74) is 5.20. The van der Waals surface area contributed by atoms with Crippen molar-refractivity contribution in [2.45, 2.75) is 47.1 Å². The summed E-state index contributed by atoms with van der Waals surface area (Å²) in [6, 6.07) is 13.3. The second-order valence-electron chi connectivity index (χ2n) is 6.11. The van der Waals surface area contributed by atoms with Gasteiger partial charge in [0.25, 0.3) is 0 Å². The molecule has 1 heterocycles. The van der Waals surface area contributed by atoms with Crippen molar-refractivity contribution in [1.82, 2.24) is 0 Å². The molecule has 0 aliphatic heterocycles. The van der Waals surface area contributed by atoms with Crippen LogP contribution in [0.4, 0.5) is 5.69 Å². The van der Waals surface area contributed by atoms with Gasteiger partial charge in [0.05, 0.1) is 0 Å². The first-order chi connectivity index (χ1) is 11.7. The van der Waals surface area contributed by atoms with E-state index >= 15 is 0 Å². The number of benzene rings is 1. The molecule has 3 heteroatoms. The van der Waals surface area contributed by atoms with Crippen LogP contribution < -0.4 is 26.4 Å². The van der Waals surface area contributed by atoms with Crippen LogP contribution >= 0.6 is 0 Å². The van der Waals surface area contributed by atoms with E-state index in [1.165, 1.54) is 22.5 Å². The van der Waals surface area contributed by atoms with E-state index < -0.39 is 0 Å². The molecular formula is C22H31BrN2. The highest BCUT2D eigenvalue weighted by Crippen LogP contribution is 2.16. The number of hydrogen-bond donors (Lipinski definition) is 0. The quantitative estimate of drug-likeness (QED) is 0.612. The van der Waals surface area contributed by atoms with Gasteiger partial charge in [-0.15, -0.1) is 0 Å². The van der Waals surface area contributed by atoms with Gasteiger partial charge in [0.1, 0.15) is 6.54 Å². The number of rotatable bonds is 8. The summed E-state index contributed by atoms with van der Waals surface area (Å²) in [6.07, 6.45) is 8.95. The summed E-state index contributed by atoms with van der Waals surface area (Å²) in [5.74, 6) is 0. The van der Waals surface area contributed by atoms with Crippen LogP contribution in [0.3, 0.4) is 0 Å². The average Bonchev–Trinajstić information content (AvgIpc) is 2.63. The van der Waals surface area contributed by atoms with Crippen molar-refractivity contribution in [3.63, 3.8) is 0 Å². The molecule has 0 aliphatic rings. The molecule has 0 saturated carbocycles. The van der Waals surface area contributed by atoms with E-state index in [1.54, 1.807) is 0 Å². The zero-order chi connectivity index (χ0) is 17.4. The lowest BCUT2D eigenvalue weighted by Crippen LogP contribution is -3.00. The topological polar surface area (TPSA) is 7.12 Å². The Kier molecular flexibility index (Phi) is 9.51. The second-order valence-corrected chi connectivity index (χ2v) is 6.11. The minimum atomic E-state index is 0. The van der Waals surface area contributed by atoms with Gasteiger partial charge in [-0.3, -0.25) is 0 Å². The number of pyridine rings is 1. The van der Waals surface area contributed by atoms with Crippen molar-refractivity contribution in [3.05, 3.63) is 59.4 Å². The summed E-state index contributed by atoms with van der Waals surface area (Å²) in [4.78, 5) is 2.37. The Hall–Kier alpha value is -1.61. The lowest BCUT2D eigenvalue weighted by Gasteiger charge is -2.20. The van der Waals surface area contributed by atoms with Gasteiger partial charge in [-0.1, -0.05) is 26.0 Å². The normalized spacial score (nSPS) is 10.7. The van der Waals surface area contributed by atoms with Gasteiger partial charge in [-0.05, 0) is 50.1 Å². The van der Waals surface area contributed by atoms with Crippen molar-refractivity contribution in [2.24, 2.45) is 0 Å². The monoisotopic (exact) mass is 402 g/mol. The fraction of sp³-hybridized carbons (Fsp3) is 0.409. The molecule has 2 rings (SSSR count). The Morgan fingerprint density at radius 2 is 1.56 bits per heavy atom. The van der Waals surface area contributed by atoms with E-state index in [0.29, 0.717) is 0 Å². The summed E-state index contributed by atoms with van der Waals surface area (Å²) < 4.78 is 2.36. The standard InChI is InChI=1S/C22H31N2.BrH/c1-5-17-24-18-19(6-2)9-13-22(24)16-12-20-10-14-21(15-11-20)23(7-3)8-4;/h9-16,18H,5-8,17H2,1-4H3;1H/q+1;/p-1. The van der Waals surface area contributed by atoms with Crippen LogP contribution in [0.15, 0.2) is 42.6 Å². The predicted octanol–water partition coefficient (Wildman–Crippen LogP) is 1.97. The van der Waals surface area contributed by atoms with Crippen LogP contribution in [0.1, 0.15) is 50.9 Å². The zero-order valence-corrected chi connectivity index (χ0v) is 17.6. The van der Waals surface area contributed by atoms with Crippen molar-refractivity contribution in [3.8, 4) is 0 Å². The molecule has 0 saturated heterocycles. The summed E-state index contributed by atoms with van der Waals surface area (Å²) in [5, 5.41) is 0. The van der Waals surface area contributed by atoms with Gasteiger partial charge in [0.15, 0.2) is 6.20 Å². The van der Waals surface area contributed by atoms with E-state index in [1.807, 2.05) is 0 Å². The molecule has 2 aromatic rings. The third-order valence-corrected chi connectivity index (χ3v) is 4.46. The number of hydrogen-bond acceptors (Lipinski definition) is 1. The molecule has 0 bridgehead atoms. The second kappa shape index (κ2) is 11.1. The number of nitrogens with zero attached hydrogens (tertiary/aromatic N) is 2. The highest BCUT2D eigenvalue weighted by molar-refractivity contribution is 5.68. The molecular weight excluding hydrogens is 372 g/mol. The van der Waals surface area contributed by atoms with E-state index in [2.05, 4.69) is 91.9 Å².